The summed E-state index contributed by atoms with van der Waals surface area (Å²) < 4.78 is 18.5. The lowest BCUT2D eigenvalue weighted by atomic mass is 10.1. The Morgan fingerprint density at radius 1 is 1.15 bits per heavy atom. The zero-order valence-electron chi connectivity index (χ0n) is 11.9. The van der Waals surface area contributed by atoms with Gasteiger partial charge in [-0.15, -0.1) is 0 Å². The van der Waals surface area contributed by atoms with Crippen molar-refractivity contribution in [3.63, 3.8) is 0 Å². The Hall–Kier alpha value is -2.03. The summed E-state index contributed by atoms with van der Waals surface area (Å²) in [6, 6.07) is 14.8. The molecule has 3 heteroatoms. The molecular formula is C17H20FNO. The van der Waals surface area contributed by atoms with Crippen molar-refractivity contribution in [2.75, 3.05) is 11.9 Å². The number of benzene rings is 2. The molecule has 2 aromatic rings. The Labute approximate surface area is 119 Å². The molecule has 0 saturated carbocycles. The Balaban J connectivity index is 1.92. The van der Waals surface area contributed by atoms with Crippen LogP contribution in [0.25, 0.3) is 0 Å². The molecule has 0 radical (unpaired) electrons. The van der Waals surface area contributed by atoms with Gasteiger partial charge in [0.2, 0.25) is 0 Å². The van der Waals surface area contributed by atoms with Crippen molar-refractivity contribution in [1.82, 2.24) is 0 Å². The lowest BCUT2D eigenvalue weighted by Crippen LogP contribution is -2.18. The highest BCUT2D eigenvalue weighted by atomic mass is 19.1. The monoisotopic (exact) mass is 273 g/mol. The van der Waals surface area contributed by atoms with Crippen molar-refractivity contribution in [1.29, 1.82) is 0 Å². The van der Waals surface area contributed by atoms with Crippen molar-refractivity contribution in [2.24, 2.45) is 0 Å². The molecule has 0 aliphatic carbocycles. The maximum Gasteiger partial charge on any atom is 0.123 e. The number of rotatable bonds is 6. The van der Waals surface area contributed by atoms with Crippen LogP contribution in [0.3, 0.4) is 0 Å². The molecule has 0 bridgehead atoms. The molecule has 0 aromatic heterocycles. The minimum atomic E-state index is -0.184. The van der Waals surface area contributed by atoms with Gasteiger partial charge in [-0.25, -0.2) is 4.39 Å². The zero-order chi connectivity index (χ0) is 14.4. The highest BCUT2D eigenvalue weighted by molar-refractivity contribution is 5.47. The van der Waals surface area contributed by atoms with Crippen LogP contribution in [0.1, 0.15) is 19.4 Å². The Kier molecular flexibility index (Phi) is 4.99. The molecule has 0 aliphatic heterocycles. The van der Waals surface area contributed by atoms with Gasteiger partial charge in [-0.3, -0.25) is 0 Å². The molecule has 20 heavy (non-hydrogen) atoms. The van der Waals surface area contributed by atoms with E-state index in [-0.39, 0.29) is 11.9 Å². The molecule has 0 heterocycles. The third-order valence-electron chi connectivity index (χ3n) is 3.01. The minimum Gasteiger partial charge on any atom is -0.494 e. The van der Waals surface area contributed by atoms with E-state index in [2.05, 4.69) is 12.2 Å². The van der Waals surface area contributed by atoms with Crippen molar-refractivity contribution in [2.45, 2.75) is 26.3 Å². The molecule has 1 N–H and O–H groups in total. The van der Waals surface area contributed by atoms with E-state index in [1.165, 1.54) is 6.07 Å². The first-order valence-corrected chi connectivity index (χ1v) is 6.91. The standard InChI is InChI=1S/C17H20FNO/c1-3-20-17-9-7-16(8-10-17)19-13(2)11-14-5-4-6-15(18)12-14/h4-10,12-13,19H,3,11H2,1-2H3. The summed E-state index contributed by atoms with van der Waals surface area (Å²) in [4.78, 5) is 0. The van der Waals surface area contributed by atoms with Crippen molar-refractivity contribution >= 4 is 5.69 Å². The Morgan fingerprint density at radius 2 is 1.90 bits per heavy atom. The predicted molar refractivity (Wildman–Crippen MR) is 80.8 cm³/mol. The van der Waals surface area contributed by atoms with E-state index in [0.29, 0.717) is 6.61 Å². The first-order chi connectivity index (χ1) is 9.67. The van der Waals surface area contributed by atoms with E-state index in [1.54, 1.807) is 12.1 Å². The van der Waals surface area contributed by atoms with Gasteiger partial charge in [-0.2, -0.15) is 0 Å². The molecule has 0 saturated heterocycles. The van der Waals surface area contributed by atoms with Crippen LogP contribution in [0.5, 0.6) is 5.75 Å². The van der Waals surface area contributed by atoms with Gasteiger partial charge in [0.25, 0.3) is 0 Å². The lowest BCUT2D eigenvalue weighted by Gasteiger charge is -2.16. The van der Waals surface area contributed by atoms with E-state index >= 15 is 0 Å². The molecule has 1 unspecified atom stereocenters. The molecule has 1 atom stereocenters. The smallest absolute Gasteiger partial charge is 0.123 e. The third-order valence-corrected chi connectivity index (χ3v) is 3.01. The Morgan fingerprint density at radius 3 is 2.55 bits per heavy atom. The number of hydrogen-bond acceptors (Lipinski definition) is 2. The number of ether oxygens (including phenoxy) is 1. The summed E-state index contributed by atoms with van der Waals surface area (Å²) >= 11 is 0. The fourth-order valence-corrected chi connectivity index (χ4v) is 2.17. The number of nitrogens with one attached hydrogen (secondary N) is 1. The van der Waals surface area contributed by atoms with Crippen LogP contribution in [0, 0.1) is 5.82 Å². The maximum atomic E-state index is 13.1. The first kappa shape index (κ1) is 14.4. The van der Waals surface area contributed by atoms with E-state index in [0.717, 1.165) is 23.4 Å². The largest absolute Gasteiger partial charge is 0.494 e. The fraction of sp³-hybridized carbons (Fsp3) is 0.294. The summed E-state index contributed by atoms with van der Waals surface area (Å²) in [5.74, 6) is 0.687. The summed E-state index contributed by atoms with van der Waals surface area (Å²) in [7, 11) is 0. The molecule has 0 aliphatic rings. The highest BCUT2D eigenvalue weighted by Crippen LogP contribution is 2.17. The van der Waals surface area contributed by atoms with Gasteiger partial charge in [0.1, 0.15) is 11.6 Å². The molecule has 0 amide bonds. The SMILES string of the molecule is CCOc1ccc(NC(C)Cc2cccc(F)c2)cc1. The van der Waals surface area contributed by atoms with E-state index in [9.17, 15) is 4.39 Å². The lowest BCUT2D eigenvalue weighted by molar-refractivity contribution is 0.340. The Bertz CT molecular complexity index is 539. The third kappa shape index (κ3) is 4.26. The number of halogens is 1. The van der Waals surface area contributed by atoms with Gasteiger partial charge in [0.05, 0.1) is 6.61 Å². The molecule has 106 valence electrons. The summed E-state index contributed by atoms with van der Waals surface area (Å²) in [6.07, 6.45) is 0.783. The molecular weight excluding hydrogens is 253 g/mol. The summed E-state index contributed by atoms with van der Waals surface area (Å²) in [6.45, 7) is 4.72. The van der Waals surface area contributed by atoms with E-state index in [1.807, 2.05) is 37.3 Å². The van der Waals surface area contributed by atoms with Crippen LogP contribution >= 0.6 is 0 Å². The predicted octanol–water partition coefficient (Wildman–Crippen LogP) is 4.27. The molecule has 0 fully saturated rings. The quantitative estimate of drug-likeness (QED) is 0.848. The van der Waals surface area contributed by atoms with Gasteiger partial charge < -0.3 is 10.1 Å². The van der Waals surface area contributed by atoms with Crippen LogP contribution in [0.15, 0.2) is 48.5 Å². The topological polar surface area (TPSA) is 21.3 Å². The zero-order valence-corrected chi connectivity index (χ0v) is 11.9. The maximum absolute atomic E-state index is 13.1. The second kappa shape index (κ2) is 6.94. The van der Waals surface area contributed by atoms with Gasteiger partial charge in [-0.05, 0) is 62.2 Å². The second-order valence-corrected chi connectivity index (χ2v) is 4.84. The average molecular weight is 273 g/mol. The second-order valence-electron chi connectivity index (χ2n) is 4.84. The molecule has 2 aromatic carbocycles. The van der Waals surface area contributed by atoms with E-state index in [4.69, 9.17) is 4.74 Å². The first-order valence-electron chi connectivity index (χ1n) is 6.91. The van der Waals surface area contributed by atoms with Crippen LogP contribution in [0.4, 0.5) is 10.1 Å². The van der Waals surface area contributed by atoms with Crippen LogP contribution in [0.2, 0.25) is 0 Å². The van der Waals surface area contributed by atoms with E-state index < -0.39 is 0 Å². The minimum absolute atomic E-state index is 0.184. The van der Waals surface area contributed by atoms with Crippen LogP contribution in [-0.4, -0.2) is 12.6 Å². The van der Waals surface area contributed by atoms with Crippen molar-refractivity contribution in [3.8, 4) is 5.75 Å². The van der Waals surface area contributed by atoms with Crippen molar-refractivity contribution in [3.05, 3.63) is 59.9 Å². The normalized spacial score (nSPS) is 11.9. The fourth-order valence-electron chi connectivity index (χ4n) is 2.17. The van der Waals surface area contributed by atoms with Gasteiger partial charge in [0, 0.05) is 11.7 Å². The summed E-state index contributed by atoms with van der Waals surface area (Å²) in [5, 5.41) is 3.40. The van der Waals surface area contributed by atoms with Gasteiger partial charge in [-0.1, -0.05) is 12.1 Å². The number of anilines is 1. The highest BCUT2D eigenvalue weighted by Gasteiger charge is 2.04. The molecule has 2 nitrogen and oxygen atoms in total. The van der Waals surface area contributed by atoms with Crippen LogP contribution < -0.4 is 10.1 Å². The van der Waals surface area contributed by atoms with Crippen LogP contribution in [-0.2, 0) is 6.42 Å². The molecule has 0 spiro atoms. The van der Waals surface area contributed by atoms with Crippen molar-refractivity contribution < 1.29 is 9.13 Å². The van der Waals surface area contributed by atoms with Gasteiger partial charge in [0.15, 0.2) is 0 Å². The molecule has 2 rings (SSSR count). The van der Waals surface area contributed by atoms with Gasteiger partial charge >= 0.3 is 0 Å². The summed E-state index contributed by atoms with van der Waals surface area (Å²) in [5.41, 5.74) is 2.04. The number of hydrogen-bond donors (Lipinski definition) is 1. The average Bonchev–Trinajstić information content (AvgIpc) is 2.41.